The van der Waals surface area contributed by atoms with Crippen LogP contribution < -0.4 is 5.32 Å². The van der Waals surface area contributed by atoms with Gasteiger partial charge in [-0.3, -0.25) is 14.3 Å². The molecule has 0 bridgehead atoms. The molecule has 1 N–H and O–H groups in total. The maximum Gasteiger partial charge on any atom is 0.416 e. The molecule has 3 heterocycles. The van der Waals surface area contributed by atoms with E-state index in [4.69, 9.17) is 4.74 Å². The van der Waals surface area contributed by atoms with Crippen molar-refractivity contribution < 1.29 is 32.3 Å². The number of likely N-dealkylation sites (tertiary alicyclic amines) is 1. The molecule has 1 unspecified atom stereocenters. The van der Waals surface area contributed by atoms with Crippen LogP contribution >= 0.6 is 11.3 Å². The largest absolute Gasteiger partial charge is 0.462 e. The fourth-order valence-corrected chi connectivity index (χ4v) is 6.55. The molecule has 1 fully saturated rings. The Morgan fingerprint density at radius 2 is 1.84 bits per heavy atom. The molecule has 3 aromatic rings. The number of ether oxygens (including phenoxy) is 1. The first-order chi connectivity index (χ1) is 21.0. The Morgan fingerprint density at radius 1 is 1.14 bits per heavy atom. The Kier molecular flexibility index (Phi) is 9.05. The predicted molar refractivity (Wildman–Crippen MR) is 159 cm³/mol. The summed E-state index contributed by atoms with van der Waals surface area (Å²) >= 11 is 1.37. The Bertz CT molecular complexity index is 1620. The highest BCUT2D eigenvalue weighted by molar-refractivity contribution is 7.10. The van der Waals surface area contributed by atoms with Crippen LogP contribution in [0.5, 0.6) is 0 Å². The number of anilines is 1. The summed E-state index contributed by atoms with van der Waals surface area (Å²) in [7, 11) is 1.62. The number of alkyl halides is 3. The standard InChI is InChI=1S/C31H32F3N5O4S/c1-4-43-30(42)25-18(2)37-38(3)26(25)36-27(40)24-17-44-28(35-24)20-13-15-39(16-14-20)29(41)23-8-6-5-7-22(23)19-9-11-21(12-10-19)31(32,33)34/h5-6,8-12,17,20,22H,4,7,13-16H2,1-3H3,(H,36,40). The van der Waals surface area contributed by atoms with E-state index in [2.05, 4.69) is 15.4 Å². The average molecular weight is 628 g/mol. The number of carbonyl (C=O) groups excluding carboxylic acids is 3. The molecule has 44 heavy (non-hydrogen) atoms. The quantitative estimate of drug-likeness (QED) is 0.322. The van der Waals surface area contributed by atoms with Crippen molar-refractivity contribution in [2.24, 2.45) is 7.05 Å². The number of amides is 2. The molecule has 13 heteroatoms. The van der Waals surface area contributed by atoms with Crippen molar-refractivity contribution in [2.75, 3.05) is 25.0 Å². The van der Waals surface area contributed by atoms with E-state index in [9.17, 15) is 27.6 Å². The van der Waals surface area contributed by atoms with Crippen molar-refractivity contribution in [3.63, 3.8) is 0 Å². The molecule has 1 aliphatic carbocycles. The summed E-state index contributed by atoms with van der Waals surface area (Å²) in [6.45, 7) is 4.53. The lowest BCUT2D eigenvalue weighted by atomic mass is 9.84. The van der Waals surface area contributed by atoms with Crippen LogP contribution in [-0.2, 0) is 22.8 Å². The van der Waals surface area contributed by atoms with E-state index >= 15 is 0 Å². The maximum atomic E-state index is 13.6. The Morgan fingerprint density at radius 3 is 2.50 bits per heavy atom. The van der Waals surface area contributed by atoms with Gasteiger partial charge in [0.1, 0.15) is 17.1 Å². The molecular weight excluding hydrogens is 595 g/mol. The number of esters is 1. The molecule has 9 nitrogen and oxygen atoms in total. The third-order valence-corrected chi connectivity index (χ3v) is 8.87. The second kappa shape index (κ2) is 12.8. The number of benzene rings is 1. The third-order valence-electron chi connectivity index (χ3n) is 7.87. The molecule has 1 aromatic carbocycles. The van der Waals surface area contributed by atoms with Crippen LogP contribution in [0.2, 0.25) is 0 Å². The van der Waals surface area contributed by atoms with Crippen molar-refractivity contribution >= 4 is 34.9 Å². The number of aryl methyl sites for hydroxylation is 2. The van der Waals surface area contributed by atoms with E-state index in [0.29, 0.717) is 49.2 Å². The van der Waals surface area contributed by atoms with Gasteiger partial charge in [0.05, 0.1) is 22.9 Å². The zero-order chi connectivity index (χ0) is 31.6. The van der Waals surface area contributed by atoms with Crippen LogP contribution in [0.4, 0.5) is 19.0 Å². The SMILES string of the molecule is CCOC(=O)c1c(C)nn(C)c1NC(=O)c1csc(C2CCN(C(=O)C3=CC=CCC3c3ccc(C(F)(F)F)cc3)CC2)n1. The topological polar surface area (TPSA) is 106 Å². The molecule has 0 spiro atoms. The number of hydrogen-bond donors (Lipinski definition) is 1. The number of halogens is 3. The van der Waals surface area contributed by atoms with Crippen LogP contribution in [0.1, 0.15) is 80.7 Å². The minimum absolute atomic E-state index is 0.0607. The summed E-state index contributed by atoms with van der Waals surface area (Å²) in [6, 6.07) is 5.01. The minimum Gasteiger partial charge on any atom is -0.462 e. The van der Waals surface area contributed by atoms with E-state index in [1.165, 1.54) is 28.2 Å². The zero-order valence-corrected chi connectivity index (χ0v) is 25.3. The first kappa shape index (κ1) is 31.2. The van der Waals surface area contributed by atoms with Gasteiger partial charge in [-0.05, 0) is 50.8 Å². The summed E-state index contributed by atoms with van der Waals surface area (Å²) in [5.74, 6) is -1.19. The molecule has 0 radical (unpaired) electrons. The Hall–Kier alpha value is -4.26. The first-order valence-corrected chi connectivity index (χ1v) is 15.2. The number of nitrogens with zero attached hydrogens (tertiary/aromatic N) is 4. The van der Waals surface area contributed by atoms with Crippen LogP contribution in [0.3, 0.4) is 0 Å². The Balaban J connectivity index is 1.21. The van der Waals surface area contributed by atoms with Crippen LogP contribution in [0.15, 0.2) is 53.4 Å². The zero-order valence-electron chi connectivity index (χ0n) is 24.5. The number of carbonyl (C=O) groups is 3. The number of allylic oxidation sites excluding steroid dienone is 3. The van der Waals surface area contributed by atoms with E-state index in [1.54, 1.807) is 37.3 Å². The number of rotatable bonds is 7. The summed E-state index contributed by atoms with van der Waals surface area (Å²) in [5.41, 5.74) is 1.36. The molecule has 1 atom stereocenters. The predicted octanol–water partition coefficient (Wildman–Crippen LogP) is 6.01. The minimum atomic E-state index is -4.42. The lowest BCUT2D eigenvalue weighted by Gasteiger charge is -2.33. The summed E-state index contributed by atoms with van der Waals surface area (Å²) < 4.78 is 45.7. The van der Waals surface area contributed by atoms with Gasteiger partial charge in [0, 0.05) is 42.9 Å². The van der Waals surface area contributed by atoms with Crippen molar-refractivity contribution in [2.45, 2.75) is 51.1 Å². The molecule has 0 saturated carbocycles. The molecular formula is C31H32F3N5O4S. The molecule has 1 saturated heterocycles. The lowest BCUT2D eigenvalue weighted by molar-refractivity contribution is -0.137. The van der Waals surface area contributed by atoms with Gasteiger partial charge in [-0.25, -0.2) is 9.78 Å². The van der Waals surface area contributed by atoms with Crippen molar-refractivity contribution in [1.29, 1.82) is 0 Å². The Labute approximate surface area is 256 Å². The average Bonchev–Trinajstić information content (AvgIpc) is 3.61. The van der Waals surface area contributed by atoms with E-state index < -0.39 is 23.6 Å². The number of piperidine rings is 1. The monoisotopic (exact) mass is 627 g/mol. The second-order valence-corrected chi connectivity index (χ2v) is 11.6. The smallest absolute Gasteiger partial charge is 0.416 e. The second-order valence-electron chi connectivity index (χ2n) is 10.7. The van der Waals surface area contributed by atoms with Crippen LogP contribution in [0.25, 0.3) is 0 Å². The third kappa shape index (κ3) is 6.47. The fraction of sp³-hybridized carbons (Fsp3) is 0.387. The van der Waals surface area contributed by atoms with E-state index in [0.717, 1.165) is 17.1 Å². The highest BCUT2D eigenvalue weighted by Crippen LogP contribution is 2.37. The van der Waals surface area contributed by atoms with Crippen molar-refractivity contribution in [3.8, 4) is 0 Å². The summed E-state index contributed by atoms with van der Waals surface area (Å²) in [6.07, 6.45) is 2.90. The molecule has 232 valence electrons. The molecule has 2 amide bonds. The number of hydrogen-bond acceptors (Lipinski definition) is 7. The highest BCUT2D eigenvalue weighted by Gasteiger charge is 2.33. The summed E-state index contributed by atoms with van der Waals surface area (Å²) in [5, 5.41) is 9.43. The molecule has 2 aliphatic rings. The molecule has 5 rings (SSSR count). The van der Waals surface area contributed by atoms with Gasteiger partial charge >= 0.3 is 12.1 Å². The lowest BCUT2D eigenvalue weighted by Crippen LogP contribution is -2.39. The van der Waals surface area contributed by atoms with Gasteiger partial charge in [0.2, 0.25) is 5.91 Å². The molecule has 1 aliphatic heterocycles. The van der Waals surface area contributed by atoms with Crippen molar-refractivity contribution in [1.82, 2.24) is 19.7 Å². The van der Waals surface area contributed by atoms with Gasteiger partial charge in [-0.2, -0.15) is 18.3 Å². The normalized spacial score (nSPS) is 17.4. The number of aromatic nitrogens is 3. The van der Waals surface area contributed by atoms with Gasteiger partial charge in [0.15, 0.2) is 0 Å². The van der Waals surface area contributed by atoms with Crippen molar-refractivity contribution in [3.05, 3.63) is 86.5 Å². The maximum absolute atomic E-state index is 13.6. The van der Waals surface area contributed by atoms with Crippen LogP contribution in [0, 0.1) is 6.92 Å². The van der Waals surface area contributed by atoms with Gasteiger partial charge < -0.3 is 15.0 Å². The van der Waals surface area contributed by atoms with E-state index in [-0.39, 0.29) is 41.4 Å². The van der Waals surface area contributed by atoms with Gasteiger partial charge in [-0.1, -0.05) is 30.4 Å². The summed E-state index contributed by atoms with van der Waals surface area (Å²) in [4.78, 5) is 45.4. The van der Waals surface area contributed by atoms with E-state index in [1.807, 2.05) is 12.2 Å². The van der Waals surface area contributed by atoms with Gasteiger partial charge in [-0.15, -0.1) is 11.3 Å². The fourth-order valence-electron chi connectivity index (χ4n) is 5.58. The first-order valence-electron chi connectivity index (χ1n) is 14.3. The van der Waals surface area contributed by atoms with Crippen LogP contribution in [-0.4, -0.2) is 57.1 Å². The molecule has 2 aromatic heterocycles. The number of thiazole rings is 1. The van der Waals surface area contributed by atoms with Gasteiger partial charge in [0.25, 0.3) is 5.91 Å². The highest BCUT2D eigenvalue weighted by atomic mass is 32.1. The number of nitrogens with one attached hydrogen (secondary N) is 1.